The van der Waals surface area contributed by atoms with Crippen LogP contribution < -0.4 is 0 Å². The van der Waals surface area contributed by atoms with Crippen molar-refractivity contribution in [3.63, 3.8) is 0 Å². The van der Waals surface area contributed by atoms with Gasteiger partial charge >= 0.3 is 0 Å². The highest BCUT2D eigenvalue weighted by molar-refractivity contribution is 7.84. The Bertz CT molecular complexity index is 749. The van der Waals surface area contributed by atoms with Crippen LogP contribution in [-0.2, 0) is 10.8 Å². The molecular formula is C15H14ClNO3S. The van der Waals surface area contributed by atoms with Crippen molar-refractivity contribution in [2.75, 3.05) is 6.26 Å². The van der Waals surface area contributed by atoms with Crippen LogP contribution in [0.25, 0.3) is 0 Å². The minimum Gasteiger partial charge on any atom is -0.364 e. The number of carbonyl (C=O) groups is 1. The van der Waals surface area contributed by atoms with Gasteiger partial charge in [-0.05, 0) is 37.5 Å². The van der Waals surface area contributed by atoms with Crippen LogP contribution in [0.3, 0.4) is 0 Å². The van der Waals surface area contributed by atoms with Crippen molar-refractivity contribution in [2.45, 2.75) is 30.6 Å². The molecule has 0 aliphatic heterocycles. The molecule has 21 heavy (non-hydrogen) atoms. The van der Waals surface area contributed by atoms with Crippen LogP contribution in [0, 0.1) is 6.92 Å². The van der Waals surface area contributed by atoms with Gasteiger partial charge in [0.05, 0.1) is 32.0 Å². The number of rotatable bonds is 4. The van der Waals surface area contributed by atoms with Crippen molar-refractivity contribution in [3.8, 4) is 0 Å². The maximum Gasteiger partial charge on any atom is 0.198 e. The zero-order valence-corrected chi connectivity index (χ0v) is 13.3. The topological polar surface area (TPSA) is 60.2 Å². The molecule has 3 rings (SSSR count). The normalized spacial score (nSPS) is 16.0. The van der Waals surface area contributed by atoms with Gasteiger partial charge < -0.3 is 4.52 Å². The van der Waals surface area contributed by atoms with Gasteiger partial charge in [0.15, 0.2) is 5.78 Å². The van der Waals surface area contributed by atoms with Gasteiger partial charge in [-0.25, -0.2) is 0 Å². The zero-order valence-electron chi connectivity index (χ0n) is 11.7. The van der Waals surface area contributed by atoms with E-state index in [9.17, 15) is 9.00 Å². The monoisotopic (exact) mass is 323 g/mol. The van der Waals surface area contributed by atoms with Gasteiger partial charge in [-0.15, -0.1) is 0 Å². The highest BCUT2D eigenvalue weighted by Gasteiger charge is 2.32. The minimum atomic E-state index is -1.25. The number of hydrogen-bond acceptors (Lipinski definition) is 4. The van der Waals surface area contributed by atoms with Crippen molar-refractivity contribution in [3.05, 3.63) is 45.8 Å². The van der Waals surface area contributed by atoms with E-state index in [0.717, 1.165) is 18.5 Å². The van der Waals surface area contributed by atoms with E-state index in [-0.39, 0.29) is 5.78 Å². The first-order valence-electron chi connectivity index (χ1n) is 6.62. The lowest BCUT2D eigenvalue weighted by molar-refractivity contribution is 0.103. The second-order valence-corrected chi connectivity index (χ2v) is 6.94. The average Bonchev–Trinajstić information content (AvgIpc) is 3.15. The molecule has 6 heteroatoms. The van der Waals surface area contributed by atoms with E-state index < -0.39 is 10.8 Å². The molecule has 110 valence electrons. The maximum atomic E-state index is 12.7. The fourth-order valence-electron chi connectivity index (χ4n) is 2.47. The van der Waals surface area contributed by atoms with Gasteiger partial charge in [0, 0.05) is 17.7 Å². The van der Waals surface area contributed by atoms with Gasteiger partial charge in [0.25, 0.3) is 0 Å². The molecular weight excluding hydrogens is 310 g/mol. The number of carbonyl (C=O) groups excluding carboxylic acids is 1. The Morgan fingerprint density at radius 1 is 1.38 bits per heavy atom. The maximum absolute atomic E-state index is 12.7. The standard InChI is InChI=1S/C15H14ClNO3S/c1-8-10(5-6-12(16)15(8)21(2)19)14(18)11-7-20-17-13(11)9-3-4-9/h5-7,9H,3-4H2,1-2H3. The minimum absolute atomic E-state index is 0.154. The molecule has 1 unspecified atom stereocenters. The summed E-state index contributed by atoms with van der Waals surface area (Å²) >= 11 is 6.08. The van der Waals surface area contributed by atoms with Crippen LogP contribution in [0.5, 0.6) is 0 Å². The van der Waals surface area contributed by atoms with E-state index in [1.165, 1.54) is 6.26 Å². The van der Waals surface area contributed by atoms with Crippen LogP contribution in [-0.4, -0.2) is 21.4 Å². The number of aromatic nitrogens is 1. The first-order chi connectivity index (χ1) is 10.0. The van der Waals surface area contributed by atoms with Crippen LogP contribution >= 0.6 is 11.6 Å². The van der Waals surface area contributed by atoms with Crippen molar-refractivity contribution in [1.82, 2.24) is 5.16 Å². The second kappa shape index (κ2) is 5.39. The molecule has 1 aliphatic rings. The number of halogens is 1. The lowest BCUT2D eigenvalue weighted by Crippen LogP contribution is -2.08. The van der Waals surface area contributed by atoms with E-state index in [0.29, 0.717) is 32.5 Å². The highest BCUT2D eigenvalue weighted by Crippen LogP contribution is 2.41. The molecule has 1 saturated carbocycles. The number of ketones is 1. The van der Waals surface area contributed by atoms with Gasteiger partial charge in [0.2, 0.25) is 0 Å². The first-order valence-corrected chi connectivity index (χ1v) is 8.55. The molecule has 1 aromatic heterocycles. The fraction of sp³-hybridized carbons (Fsp3) is 0.333. The molecule has 0 N–H and O–H groups in total. The van der Waals surface area contributed by atoms with Crippen molar-refractivity contribution < 1.29 is 13.5 Å². The summed E-state index contributed by atoms with van der Waals surface area (Å²) in [5.41, 5.74) is 2.37. The lowest BCUT2D eigenvalue weighted by atomic mass is 9.98. The van der Waals surface area contributed by atoms with Gasteiger partial charge in [-0.2, -0.15) is 0 Å². The molecule has 1 heterocycles. The molecule has 1 aromatic carbocycles. The molecule has 0 saturated heterocycles. The molecule has 2 aromatic rings. The number of hydrogen-bond donors (Lipinski definition) is 0. The Morgan fingerprint density at radius 2 is 2.10 bits per heavy atom. The SMILES string of the molecule is Cc1c(C(=O)c2conc2C2CC2)ccc(Cl)c1S(C)=O. The molecule has 4 nitrogen and oxygen atoms in total. The molecule has 1 atom stereocenters. The Morgan fingerprint density at radius 3 is 2.71 bits per heavy atom. The van der Waals surface area contributed by atoms with Gasteiger partial charge in [0.1, 0.15) is 6.26 Å². The van der Waals surface area contributed by atoms with Crippen LogP contribution in [0.2, 0.25) is 5.02 Å². The summed E-state index contributed by atoms with van der Waals surface area (Å²) in [6, 6.07) is 3.28. The summed E-state index contributed by atoms with van der Waals surface area (Å²) in [6.45, 7) is 1.76. The highest BCUT2D eigenvalue weighted by atomic mass is 35.5. The van der Waals surface area contributed by atoms with Crippen molar-refractivity contribution in [2.24, 2.45) is 0 Å². The quantitative estimate of drug-likeness (QED) is 0.808. The summed E-state index contributed by atoms with van der Waals surface area (Å²) in [6.07, 6.45) is 5.03. The van der Waals surface area contributed by atoms with E-state index in [2.05, 4.69) is 5.16 Å². The predicted octanol–water partition coefficient (Wildman–Crippen LogP) is 3.48. The molecule has 0 bridgehead atoms. The molecule has 1 aliphatic carbocycles. The third-order valence-corrected chi connectivity index (χ3v) is 5.22. The van der Waals surface area contributed by atoms with E-state index in [1.54, 1.807) is 25.3 Å². The largest absolute Gasteiger partial charge is 0.364 e. The van der Waals surface area contributed by atoms with Gasteiger partial charge in [-0.3, -0.25) is 9.00 Å². The van der Waals surface area contributed by atoms with Gasteiger partial charge in [-0.1, -0.05) is 16.8 Å². The summed E-state index contributed by atoms with van der Waals surface area (Å²) in [7, 11) is -1.25. The summed E-state index contributed by atoms with van der Waals surface area (Å²) < 4.78 is 16.8. The Labute approximate surface area is 129 Å². The second-order valence-electron chi connectivity index (χ2n) is 5.22. The number of nitrogens with zero attached hydrogens (tertiary/aromatic N) is 1. The number of benzene rings is 1. The summed E-state index contributed by atoms with van der Waals surface area (Å²) in [5, 5.41) is 4.36. The third-order valence-electron chi connectivity index (χ3n) is 3.70. The Kier molecular flexibility index (Phi) is 3.71. The zero-order chi connectivity index (χ0) is 15.1. The molecule has 0 spiro atoms. The Hall–Kier alpha value is -1.46. The van der Waals surface area contributed by atoms with E-state index in [4.69, 9.17) is 16.1 Å². The lowest BCUT2D eigenvalue weighted by Gasteiger charge is -2.10. The summed E-state index contributed by atoms with van der Waals surface area (Å²) in [5.74, 6) is 0.175. The van der Waals surface area contributed by atoms with Crippen LogP contribution in [0.15, 0.2) is 27.8 Å². The first kappa shape index (κ1) is 14.5. The summed E-state index contributed by atoms with van der Waals surface area (Å²) in [4.78, 5) is 13.2. The van der Waals surface area contributed by atoms with E-state index in [1.807, 2.05) is 0 Å². The van der Waals surface area contributed by atoms with Crippen molar-refractivity contribution >= 4 is 28.2 Å². The van der Waals surface area contributed by atoms with E-state index >= 15 is 0 Å². The van der Waals surface area contributed by atoms with Crippen LogP contribution in [0.1, 0.15) is 45.9 Å². The third kappa shape index (κ3) is 2.56. The van der Waals surface area contributed by atoms with Crippen molar-refractivity contribution in [1.29, 1.82) is 0 Å². The molecule has 0 amide bonds. The van der Waals surface area contributed by atoms with Crippen LogP contribution in [0.4, 0.5) is 0 Å². The molecule has 0 radical (unpaired) electrons. The Balaban J connectivity index is 2.08. The average molecular weight is 324 g/mol. The predicted molar refractivity (Wildman–Crippen MR) is 80.4 cm³/mol. The smallest absolute Gasteiger partial charge is 0.198 e. The fourth-order valence-corrected chi connectivity index (χ4v) is 3.88. The molecule has 1 fully saturated rings.